The third-order valence-corrected chi connectivity index (χ3v) is 4.68. The molecular weight excluding hydrogens is 351 g/mol. The average molecular weight is 374 g/mol. The number of ether oxygens (including phenoxy) is 2. The van der Waals surface area contributed by atoms with Gasteiger partial charge in [-0.05, 0) is 36.2 Å². The molecule has 2 aromatic carbocycles. The normalized spacial score (nSPS) is 15.9. The molecule has 7 heteroatoms. The van der Waals surface area contributed by atoms with Gasteiger partial charge in [-0.3, -0.25) is 0 Å². The highest BCUT2D eigenvalue weighted by atomic mass is 19.1. The Hall–Kier alpha value is -2.80. The van der Waals surface area contributed by atoms with Gasteiger partial charge < -0.3 is 24.8 Å². The van der Waals surface area contributed by atoms with E-state index >= 15 is 0 Å². The summed E-state index contributed by atoms with van der Waals surface area (Å²) in [6, 6.07) is 9.43. The minimum atomic E-state index is -0.860. The number of nitrogens with zero attached hydrogens (tertiary/aromatic N) is 1. The Labute approximate surface area is 157 Å². The van der Waals surface area contributed by atoms with E-state index in [1.54, 1.807) is 43.4 Å². The van der Waals surface area contributed by atoms with Crippen LogP contribution in [0, 0.1) is 5.82 Å². The van der Waals surface area contributed by atoms with Crippen LogP contribution in [-0.4, -0.2) is 43.3 Å². The van der Waals surface area contributed by atoms with Crippen molar-refractivity contribution in [3.05, 3.63) is 58.9 Å². The standard InChI is InChI=1S/C20H23FN2O4/c1-26-17-7-8-18(27-2)19-15(17)11-23(12-16(19)24)20(25)22-10-9-13-3-5-14(21)6-4-13/h3-8,16,24H,9-12H2,1-2H3,(H,22,25)/t16-/m1/s1. The first-order chi connectivity index (χ1) is 13.0. The van der Waals surface area contributed by atoms with Gasteiger partial charge in [0.25, 0.3) is 0 Å². The molecule has 1 heterocycles. The predicted octanol–water partition coefficient (Wildman–Crippen LogP) is 2.64. The molecule has 6 nitrogen and oxygen atoms in total. The lowest BCUT2D eigenvalue weighted by Gasteiger charge is -2.34. The fourth-order valence-corrected chi connectivity index (χ4v) is 3.31. The Bertz CT molecular complexity index is 810. The van der Waals surface area contributed by atoms with Crippen molar-refractivity contribution >= 4 is 6.03 Å². The summed E-state index contributed by atoms with van der Waals surface area (Å²) < 4.78 is 23.7. The third-order valence-electron chi connectivity index (χ3n) is 4.68. The van der Waals surface area contributed by atoms with Gasteiger partial charge in [0.15, 0.2) is 0 Å². The number of rotatable bonds is 5. The number of fused-ring (bicyclic) bond motifs is 1. The van der Waals surface area contributed by atoms with E-state index in [9.17, 15) is 14.3 Å². The topological polar surface area (TPSA) is 71.0 Å². The van der Waals surface area contributed by atoms with Crippen LogP contribution in [0.15, 0.2) is 36.4 Å². The molecule has 1 aliphatic heterocycles. The van der Waals surface area contributed by atoms with Gasteiger partial charge in [0.1, 0.15) is 23.4 Å². The summed E-state index contributed by atoms with van der Waals surface area (Å²) in [6.45, 7) is 0.896. The van der Waals surface area contributed by atoms with Crippen molar-refractivity contribution < 1.29 is 23.8 Å². The first kappa shape index (κ1) is 19.0. The molecule has 27 heavy (non-hydrogen) atoms. The predicted molar refractivity (Wildman–Crippen MR) is 98.4 cm³/mol. The molecule has 0 radical (unpaired) electrons. The van der Waals surface area contributed by atoms with Gasteiger partial charge in [-0.25, -0.2) is 9.18 Å². The maximum absolute atomic E-state index is 12.9. The molecular formula is C20H23FN2O4. The van der Waals surface area contributed by atoms with Gasteiger partial charge in [-0.15, -0.1) is 0 Å². The van der Waals surface area contributed by atoms with Crippen LogP contribution in [0.3, 0.4) is 0 Å². The summed E-state index contributed by atoms with van der Waals surface area (Å²) in [5, 5.41) is 13.4. The monoisotopic (exact) mass is 374 g/mol. The Balaban J connectivity index is 1.66. The fraction of sp³-hybridized carbons (Fsp3) is 0.350. The van der Waals surface area contributed by atoms with E-state index in [-0.39, 0.29) is 18.4 Å². The summed E-state index contributed by atoms with van der Waals surface area (Å²) in [4.78, 5) is 14.1. The van der Waals surface area contributed by atoms with Crippen LogP contribution < -0.4 is 14.8 Å². The lowest BCUT2D eigenvalue weighted by molar-refractivity contribution is 0.101. The average Bonchev–Trinajstić information content (AvgIpc) is 2.68. The van der Waals surface area contributed by atoms with Crippen molar-refractivity contribution in [3.8, 4) is 11.5 Å². The number of hydrogen-bond donors (Lipinski definition) is 2. The van der Waals surface area contributed by atoms with Crippen molar-refractivity contribution in [1.29, 1.82) is 0 Å². The Morgan fingerprint density at radius 1 is 1.19 bits per heavy atom. The van der Waals surface area contributed by atoms with Crippen molar-refractivity contribution in [1.82, 2.24) is 10.2 Å². The Morgan fingerprint density at radius 2 is 1.85 bits per heavy atom. The summed E-state index contributed by atoms with van der Waals surface area (Å²) >= 11 is 0. The number of carbonyl (C=O) groups is 1. The number of aliphatic hydroxyl groups is 1. The quantitative estimate of drug-likeness (QED) is 0.844. The van der Waals surface area contributed by atoms with Crippen LogP contribution in [0.1, 0.15) is 22.8 Å². The van der Waals surface area contributed by atoms with Gasteiger partial charge >= 0.3 is 6.03 Å². The molecule has 1 atom stereocenters. The number of nitrogens with one attached hydrogen (secondary N) is 1. The van der Waals surface area contributed by atoms with Crippen LogP contribution in [0.5, 0.6) is 11.5 Å². The first-order valence-corrected chi connectivity index (χ1v) is 8.72. The Kier molecular flexibility index (Phi) is 5.81. The molecule has 144 valence electrons. The molecule has 0 unspecified atom stereocenters. The van der Waals surface area contributed by atoms with Gasteiger partial charge in [-0.2, -0.15) is 0 Å². The lowest BCUT2D eigenvalue weighted by atomic mass is 9.95. The highest BCUT2D eigenvalue weighted by Crippen LogP contribution is 2.39. The van der Waals surface area contributed by atoms with Gasteiger partial charge in [0.2, 0.25) is 0 Å². The van der Waals surface area contributed by atoms with Crippen molar-refractivity contribution in [2.45, 2.75) is 19.1 Å². The number of methoxy groups -OCH3 is 2. The zero-order valence-electron chi connectivity index (χ0n) is 15.4. The minimum Gasteiger partial charge on any atom is -0.496 e. The molecule has 0 aliphatic carbocycles. The second kappa shape index (κ2) is 8.26. The van der Waals surface area contributed by atoms with Crippen LogP contribution in [-0.2, 0) is 13.0 Å². The zero-order valence-corrected chi connectivity index (χ0v) is 15.4. The minimum absolute atomic E-state index is 0.166. The van der Waals surface area contributed by atoms with Crippen LogP contribution in [0.25, 0.3) is 0 Å². The number of benzene rings is 2. The van der Waals surface area contributed by atoms with Crippen LogP contribution in [0.2, 0.25) is 0 Å². The van der Waals surface area contributed by atoms with Gasteiger partial charge in [0, 0.05) is 17.7 Å². The second-order valence-corrected chi connectivity index (χ2v) is 6.37. The number of urea groups is 1. The van der Waals surface area contributed by atoms with Gasteiger partial charge in [-0.1, -0.05) is 12.1 Å². The number of amides is 2. The number of carbonyl (C=O) groups excluding carboxylic acids is 1. The van der Waals surface area contributed by atoms with Crippen molar-refractivity contribution in [3.63, 3.8) is 0 Å². The second-order valence-electron chi connectivity index (χ2n) is 6.37. The maximum atomic E-state index is 12.9. The molecule has 0 aromatic heterocycles. The van der Waals surface area contributed by atoms with E-state index < -0.39 is 6.10 Å². The summed E-state index contributed by atoms with van der Waals surface area (Å²) in [6.07, 6.45) is -0.266. The number of aliphatic hydroxyl groups excluding tert-OH is 1. The highest BCUT2D eigenvalue weighted by molar-refractivity contribution is 5.75. The maximum Gasteiger partial charge on any atom is 0.317 e. The zero-order chi connectivity index (χ0) is 19.4. The third kappa shape index (κ3) is 4.14. The van der Waals surface area contributed by atoms with Crippen LogP contribution >= 0.6 is 0 Å². The largest absolute Gasteiger partial charge is 0.496 e. The highest BCUT2D eigenvalue weighted by Gasteiger charge is 2.31. The number of hydrogen-bond acceptors (Lipinski definition) is 4. The van der Waals surface area contributed by atoms with Crippen molar-refractivity contribution in [2.75, 3.05) is 27.3 Å². The van der Waals surface area contributed by atoms with Crippen molar-refractivity contribution in [2.24, 2.45) is 0 Å². The molecule has 1 aliphatic rings. The first-order valence-electron chi connectivity index (χ1n) is 8.72. The molecule has 3 rings (SSSR count). The summed E-state index contributed by atoms with van der Waals surface area (Å²) in [5.74, 6) is 0.900. The molecule has 2 N–H and O–H groups in total. The SMILES string of the molecule is COc1ccc(OC)c2c1CN(C(=O)NCCc1ccc(F)cc1)C[C@H]2O. The molecule has 0 fully saturated rings. The van der Waals surface area contributed by atoms with Crippen LogP contribution in [0.4, 0.5) is 9.18 Å². The molecule has 0 saturated carbocycles. The number of β-amino-alcohol motifs (C(OH)–C–C–N with tert-alkyl or cyclic N) is 1. The summed E-state index contributed by atoms with van der Waals surface area (Å²) in [7, 11) is 3.10. The molecule has 0 bridgehead atoms. The summed E-state index contributed by atoms with van der Waals surface area (Å²) in [5.41, 5.74) is 2.34. The van der Waals surface area contributed by atoms with E-state index in [2.05, 4.69) is 5.32 Å². The van der Waals surface area contributed by atoms with E-state index in [0.717, 1.165) is 11.1 Å². The van der Waals surface area contributed by atoms with E-state index in [1.807, 2.05) is 0 Å². The number of halogens is 1. The van der Waals surface area contributed by atoms with E-state index in [4.69, 9.17) is 9.47 Å². The van der Waals surface area contributed by atoms with E-state index in [0.29, 0.717) is 36.6 Å². The fourth-order valence-electron chi connectivity index (χ4n) is 3.31. The smallest absolute Gasteiger partial charge is 0.317 e. The Morgan fingerprint density at radius 3 is 2.52 bits per heavy atom. The molecule has 2 amide bonds. The van der Waals surface area contributed by atoms with E-state index in [1.165, 1.54) is 12.1 Å². The lowest BCUT2D eigenvalue weighted by Crippen LogP contribution is -2.44. The molecule has 0 spiro atoms. The molecule has 2 aromatic rings. The molecule has 0 saturated heterocycles. The van der Waals surface area contributed by atoms with Gasteiger partial charge in [0.05, 0.1) is 27.3 Å².